The molecule has 0 saturated heterocycles. The van der Waals surface area contributed by atoms with Crippen LogP contribution in [0.15, 0.2) is 83.3 Å². The zero-order valence-corrected chi connectivity index (χ0v) is 16.7. The second-order valence-corrected chi connectivity index (χ2v) is 7.18. The van der Waals surface area contributed by atoms with Crippen molar-refractivity contribution in [2.75, 3.05) is 12.4 Å². The van der Waals surface area contributed by atoms with Gasteiger partial charge in [-0.25, -0.2) is 4.98 Å². The Balaban J connectivity index is 1.81. The Kier molecular flexibility index (Phi) is 5.08. The molecule has 4 aromatic rings. The molecule has 0 aliphatic heterocycles. The first-order valence-corrected chi connectivity index (χ1v) is 9.54. The fraction of sp³-hybridized carbons (Fsp3) is 0.0435. The Morgan fingerprint density at radius 3 is 2.61 bits per heavy atom. The maximum Gasteiger partial charge on any atom is 0.256 e. The fourth-order valence-electron chi connectivity index (χ4n) is 3.06. The van der Waals surface area contributed by atoms with Crippen LogP contribution in [0.1, 0.15) is 10.4 Å². The van der Waals surface area contributed by atoms with E-state index in [0.29, 0.717) is 5.56 Å². The summed E-state index contributed by atoms with van der Waals surface area (Å²) in [5.41, 5.74) is 3.67. The number of carbonyl (C=O) groups is 1. The van der Waals surface area contributed by atoms with Gasteiger partial charge < -0.3 is 10.1 Å². The molecule has 3 aromatic carbocycles. The summed E-state index contributed by atoms with van der Waals surface area (Å²) in [6.07, 6.45) is 0. The number of anilines is 1. The van der Waals surface area contributed by atoms with Crippen LogP contribution >= 0.6 is 15.9 Å². The summed E-state index contributed by atoms with van der Waals surface area (Å²) in [5.74, 6) is 0.563. The molecule has 0 spiro atoms. The summed E-state index contributed by atoms with van der Waals surface area (Å²) < 4.78 is 6.22. The molecular weight excluding hydrogens is 416 g/mol. The largest absolute Gasteiger partial charge is 0.497 e. The number of amides is 1. The van der Waals surface area contributed by atoms with Gasteiger partial charge in [-0.1, -0.05) is 52.3 Å². The van der Waals surface area contributed by atoms with Crippen LogP contribution in [0, 0.1) is 0 Å². The number of halogens is 1. The van der Waals surface area contributed by atoms with E-state index < -0.39 is 0 Å². The quantitative estimate of drug-likeness (QED) is 0.434. The highest BCUT2D eigenvalue weighted by Crippen LogP contribution is 2.28. The topological polar surface area (TPSA) is 51.2 Å². The summed E-state index contributed by atoms with van der Waals surface area (Å²) in [5, 5.41) is 3.78. The number of ether oxygens (including phenoxy) is 1. The summed E-state index contributed by atoms with van der Waals surface area (Å²) in [6, 6.07) is 24.6. The third kappa shape index (κ3) is 3.75. The van der Waals surface area contributed by atoms with Crippen LogP contribution in [0.3, 0.4) is 0 Å². The van der Waals surface area contributed by atoms with E-state index in [2.05, 4.69) is 21.2 Å². The lowest BCUT2D eigenvalue weighted by molar-refractivity contribution is 0.102. The number of methoxy groups -OCH3 is 1. The van der Waals surface area contributed by atoms with Gasteiger partial charge in [0.05, 0.1) is 23.9 Å². The molecule has 0 radical (unpaired) electrons. The Hall–Kier alpha value is -3.18. The van der Waals surface area contributed by atoms with Crippen molar-refractivity contribution in [2.24, 2.45) is 0 Å². The molecule has 0 bridgehead atoms. The highest BCUT2D eigenvalue weighted by atomic mass is 79.9. The lowest BCUT2D eigenvalue weighted by Gasteiger charge is -2.11. The summed E-state index contributed by atoms with van der Waals surface area (Å²) >= 11 is 3.43. The van der Waals surface area contributed by atoms with Crippen molar-refractivity contribution in [3.63, 3.8) is 0 Å². The van der Waals surface area contributed by atoms with E-state index in [4.69, 9.17) is 9.72 Å². The zero-order valence-electron chi connectivity index (χ0n) is 15.1. The number of hydrogen-bond donors (Lipinski definition) is 1. The molecule has 0 aliphatic carbocycles. The van der Waals surface area contributed by atoms with E-state index >= 15 is 0 Å². The van der Waals surface area contributed by atoms with Crippen molar-refractivity contribution in [3.8, 4) is 17.0 Å². The molecule has 5 heteroatoms. The normalized spacial score (nSPS) is 10.6. The number of hydrogen-bond acceptors (Lipinski definition) is 3. The first-order valence-electron chi connectivity index (χ1n) is 8.75. The summed E-state index contributed by atoms with van der Waals surface area (Å²) in [6.45, 7) is 0. The monoisotopic (exact) mass is 432 g/mol. The van der Waals surface area contributed by atoms with E-state index in [9.17, 15) is 4.79 Å². The van der Waals surface area contributed by atoms with Crippen molar-refractivity contribution in [1.29, 1.82) is 0 Å². The van der Waals surface area contributed by atoms with Gasteiger partial charge in [0.2, 0.25) is 0 Å². The van der Waals surface area contributed by atoms with Gasteiger partial charge in [0.25, 0.3) is 5.91 Å². The minimum atomic E-state index is -0.180. The molecule has 28 heavy (non-hydrogen) atoms. The van der Waals surface area contributed by atoms with Crippen LogP contribution in [-0.4, -0.2) is 18.0 Å². The molecular formula is C23H17BrN2O2. The fourth-order valence-corrected chi connectivity index (χ4v) is 3.46. The van der Waals surface area contributed by atoms with Crippen LogP contribution in [0.2, 0.25) is 0 Å². The standard InChI is InChI=1S/C23H17BrN2O2/c1-28-18-9-4-6-15(12-18)22-14-20(19-10-2-3-11-21(19)26-22)23(27)25-17-8-5-7-16(24)13-17/h2-14H,1H3,(H,25,27). The molecule has 1 heterocycles. The number of fused-ring (bicyclic) bond motifs is 1. The zero-order chi connectivity index (χ0) is 19.5. The predicted molar refractivity (Wildman–Crippen MR) is 116 cm³/mol. The number of pyridine rings is 1. The average molecular weight is 433 g/mol. The van der Waals surface area contributed by atoms with Gasteiger partial charge in [-0.2, -0.15) is 0 Å². The van der Waals surface area contributed by atoms with E-state index in [1.54, 1.807) is 7.11 Å². The highest BCUT2D eigenvalue weighted by molar-refractivity contribution is 9.10. The number of benzene rings is 3. The molecule has 0 aliphatic rings. The van der Waals surface area contributed by atoms with Gasteiger partial charge >= 0.3 is 0 Å². The summed E-state index contributed by atoms with van der Waals surface area (Å²) in [4.78, 5) is 17.8. The first-order chi connectivity index (χ1) is 13.6. The van der Waals surface area contributed by atoms with Crippen molar-refractivity contribution >= 4 is 38.4 Å². The maximum atomic E-state index is 13.1. The second-order valence-electron chi connectivity index (χ2n) is 6.27. The molecule has 4 rings (SSSR count). The molecule has 4 nitrogen and oxygen atoms in total. The molecule has 0 atom stereocenters. The van der Waals surface area contributed by atoms with Gasteiger partial charge in [0.1, 0.15) is 5.75 Å². The Morgan fingerprint density at radius 1 is 0.964 bits per heavy atom. The van der Waals surface area contributed by atoms with Crippen LogP contribution < -0.4 is 10.1 Å². The van der Waals surface area contributed by atoms with Gasteiger partial charge in [0, 0.05) is 21.1 Å². The van der Waals surface area contributed by atoms with Crippen LogP contribution in [0.4, 0.5) is 5.69 Å². The molecule has 1 aromatic heterocycles. The van der Waals surface area contributed by atoms with E-state index in [1.807, 2.05) is 78.9 Å². The molecule has 138 valence electrons. The van der Waals surface area contributed by atoms with Crippen LogP contribution in [0.5, 0.6) is 5.75 Å². The first kappa shape index (κ1) is 18.2. The van der Waals surface area contributed by atoms with E-state index in [1.165, 1.54) is 0 Å². The minimum absolute atomic E-state index is 0.180. The lowest BCUT2D eigenvalue weighted by Crippen LogP contribution is -2.13. The van der Waals surface area contributed by atoms with Gasteiger partial charge in [0.15, 0.2) is 0 Å². The summed E-state index contributed by atoms with van der Waals surface area (Å²) in [7, 11) is 1.63. The van der Waals surface area contributed by atoms with Crippen molar-refractivity contribution in [3.05, 3.63) is 88.9 Å². The van der Waals surface area contributed by atoms with Crippen LogP contribution in [0.25, 0.3) is 22.2 Å². The van der Waals surface area contributed by atoms with Crippen molar-refractivity contribution in [2.45, 2.75) is 0 Å². The second kappa shape index (κ2) is 7.82. The number of carbonyl (C=O) groups excluding carboxylic acids is 1. The lowest BCUT2D eigenvalue weighted by atomic mass is 10.0. The molecule has 0 saturated carbocycles. The molecule has 1 amide bonds. The third-order valence-electron chi connectivity index (χ3n) is 4.41. The number of nitrogens with one attached hydrogen (secondary N) is 1. The van der Waals surface area contributed by atoms with E-state index in [-0.39, 0.29) is 5.91 Å². The number of nitrogens with zero attached hydrogens (tertiary/aromatic N) is 1. The SMILES string of the molecule is COc1cccc(-c2cc(C(=O)Nc3cccc(Br)c3)c3ccccc3n2)c1. The molecule has 1 N–H and O–H groups in total. The number of rotatable bonds is 4. The Morgan fingerprint density at radius 2 is 1.79 bits per heavy atom. The highest BCUT2D eigenvalue weighted by Gasteiger charge is 2.14. The van der Waals surface area contributed by atoms with Gasteiger partial charge in [-0.15, -0.1) is 0 Å². The molecule has 0 unspecified atom stereocenters. The van der Waals surface area contributed by atoms with Gasteiger partial charge in [-0.3, -0.25) is 4.79 Å². The van der Waals surface area contributed by atoms with Crippen molar-refractivity contribution in [1.82, 2.24) is 4.98 Å². The van der Waals surface area contributed by atoms with E-state index in [0.717, 1.165) is 38.1 Å². The predicted octanol–water partition coefficient (Wildman–Crippen LogP) is 5.93. The van der Waals surface area contributed by atoms with Crippen LogP contribution in [-0.2, 0) is 0 Å². The Labute approximate surface area is 171 Å². The Bertz CT molecular complexity index is 1170. The average Bonchev–Trinajstić information content (AvgIpc) is 2.73. The minimum Gasteiger partial charge on any atom is -0.497 e. The number of aromatic nitrogens is 1. The van der Waals surface area contributed by atoms with Crippen molar-refractivity contribution < 1.29 is 9.53 Å². The number of para-hydroxylation sites is 1. The van der Waals surface area contributed by atoms with Gasteiger partial charge in [-0.05, 0) is 42.5 Å². The smallest absolute Gasteiger partial charge is 0.256 e. The molecule has 0 fully saturated rings. The third-order valence-corrected chi connectivity index (χ3v) is 4.90. The maximum absolute atomic E-state index is 13.1.